The standard InChI is InChI=1S/C15H16N4O3S/c1-9-11(23-13(18-9)12-16-6-4-7-17-12)14(20)19-8-3-2-5-10(19)15(21)22/h4,6-7,10H,2-3,5,8H2,1H3,(H,21,22)/t10-/m1/s1. The summed E-state index contributed by atoms with van der Waals surface area (Å²) in [4.78, 5) is 38.7. The van der Waals surface area contributed by atoms with E-state index in [1.165, 1.54) is 16.2 Å². The molecule has 8 heteroatoms. The molecule has 120 valence electrons. The van der Waals surface area contributed by atoms with Gasteiger partial charge in [0.1, 0.15) is 10.9 Å². The highest BCUT2D eigenvalue weighted by Crippen LogP contribution is 2.28. The molecule has 2 aromatic rings. The lowest BCUT2D eigenvalue weighted by Gasteiger charge is -2.32. The number of hydrogen-bond acceptors (Lipinski definition) is 6. The van der Waals surface area contributed by atoms with Crippen LogP contribution in [0.15, 0.2) is 18.5 Å². The third-order valence-electron chi connectivity index (χ3n) is 3.80. The van der Waals surface area contributed by atoms with Crippen molar-refractivity contribution in [3.8, 4) is 10.8 Å². The van der Waals surface area contributed by atoms with E-state index in [-0.39, 0.29) is 5.91 Å². The number of piperidine rings is 1. The van der Waals surface area contributed by atoms with Crippen molar-refractivity contribution in [3.63, 3.8) is 0 Å². The Morgan fingerprint density at radius 3 is 2.74 bits per heavy atom. The first-order valence-electron chi connectivity index (χ1n) is 7.36. The quantitative estimate of drug-likeness (QED) is 0.923. The summed E-state index contributed by atoms with van der Waals surface area (Å²) in [5.41, 5.74) is 0.581. The highest BCUT2D eigenvalue weighted by atomic mass is 32.1. The van der Waals surface area contributed by atoms with E-state index >= 15 is 0 Å². The molecule has 0 radical (unpaired) electrons. The molecule has 1 aliphatic rings. The minimum atomic E-state index is -0.952. The molecule has 2 aromatic heterocycles. The second-order valence-corrected chi connectivity index (χ2v) is 6.35. The predicted molar refractivity (Wildman–Crippen MR) is 84.2 cm³/mol. The first-order chi connectivity index (χ1) is 11.1. The second-order valence-electron chi connectivity index (χ2n) is 5.35. The Morgan fingerprint density at radius 2 is 2.04 bits per heavy atom. The molecular weight excluding hydrogens is 316 g/mol. The maximum absolute atomic E-state index is 12.8. The summed E-state index contributed by atoms with van der Waals surface area (Å²) in [6.07, 6.45) is 5.37. The van der Waals surface area contributed by atoms with Crippen molar-refractivity contribution in [1.82, 2.24) is 19.9 Å². The number of carbonyl (C=O) groups excluding carboxylic acids is 1. The van der Waals surface area contributed by atoms with Gasteiger partial charge in [0, 0.05) is 18.9 Å². The van der Waals surface area contributed by atoms with E-state index in [2.05, 4.69) is 15.0 Å². The molecule has 0 aliphatic carbocycles. The molecule has 1 atom stereocenters. The van der Waals surface area contributed by atoms with E-state index in [0.717, 1.165) is 12.8 Å². The lowest BCUT2D eigenvalue weighted by molar-refractivity contribution is -0.143. The van der Waals surface area contributed by atoms with Gasteiger partial charge < -0.3 is 10.0 Å². The molecule has 0 saturated carbocycles. The van der Waals surface area contributed by atoms with Crippen molar-refractivity contribution in [2.24, 2.45) is 0 Å². The van der Waals surface area contributed by atoms with E-state index in [9.17, 15) is 14.7 Å². The Morgan fingerprint density at radius 1 is 1.30 bits per heavy atom. The molecule has 1 saturated heterocycles. The molecular formula is C15H16N4O3S. The molecule has 0 unspecified atom stereocenters. The number of aromatic nitrogens is 3. The Balaban J connectivity index is 1.90. The zero-order valence-electron chi connectivity index (χ0n) is 12.6. The molecule has 3 rings (SSSR count). The number of rotatable bonds is 3. The Labute approximate surface area is 137 Å². The highest BCUT2D eigenvalue weighted by molar-refractivity contribution is 7.17. The van der Waals surface area contributed by atoms with Crippen LogP contribution in [0.2, 0.25) is 0 Å². The number of hydrogen-bond donors (Lipinski definition) is 1. The van der Waals surface area contributed by atoms with Crippen LogP contribution in [-0.2, 0) is 4.79 Å². The van der Waals surface area contributed by atoms with Gasteiger partial charge in [0.2, 0.25) is 0 Å². The molecule has 7 nitrogen and oxygen atoms in total. The zero-order chi connectivity index (χ0) is 16.4. The van der Waals surface area contributed by atoms with Crippen molar-refractivity contribution >= 4 is 23.2 Å². The van der Waals surface area contributed by atoms with E-state index in [1.807, 2.05) is 0 Å². The Bertz CT molecular complexity index is 732. The van der Waals surface area contributed by atoms with Gasteiger partial charge in [0.05, 0.1) is 5.69 Å². The molecule has 0 aromatic carbocycles. The van der Waals surface area contributed by atoms with Crippen LogP contribution in [0.1, 0.15) is 34.6 Å². The molecule has 0 spiro atoms. The smallest absolute Gasteiger partial charge is 0.326 e. The summed E-state index contributed by atoms with van der Waals surface area (Å²) in [5.74, 6) is -0.755. The van der Waals surface area contributed by atoms with Crippen LogP contribution in [0.4, 0.5) is 0 Å². The van der Waals surface area contributed by atoms with Gasteiger partial charge in [0.25, 0.3) is 5.91 Å². The van der Waals surface area contributed by atoms with Gasteiger partial charge >= 0.3 is 5.97 Å². The van der Waals surface area contributed by atoms with Crippen LogP contribution in [0.3, 0.4) is 0 Å². The van der Waals surface area contributed by atoms with Gasteiger partial charge in [0.15, 0.2) is 10.8 Å². The number of carboxylic acids is 1. The summed E-state index contributed by atoms with van der Waals surface area (Å²) in [7, 11) is 0. The number of likely N-dealkylation sites (tertiary alicyclic amines) is 1. The molecule has 1 fully saturated rings. The summed E-state index contributed by atoms with van der Waals surface area (Å²) < 4.78 is 0. The molecule has 1 amide bonds. The SMILES string of the molecule is Cc1nc(-c2ncccn2)sc1C(=O)N1CCCC[C@@H]1C(=O)O. The molecule has 1 N–H and O–H groups in total. The van der Waals surface area contributed by atoms with Crippen molar-refractivity contribution in [3.05, 3.63) is 29.0 Å². The third kappa shape index (κ3) is 3.07. The fourth-order valence-electron chi connectivity index (χ4n) is 2.66. The molecule has 3 heterocycles. The first-order valence-corrected chi connectivity index (χ1v) is 8.18. The summed E-state index contributed by atoms with van der Waals surface area (Å²) in [6.45, 7) is 2.21. The van der Waals surface area contributed by atoms with E-state index in [0.29, 0.717) is 34.4 Å². The summed E-state index contributed by atoms with van der Waals surface area (Å²) in [6, 6.07) is 0.954. The zero-order valence-corrected chi connectivity index (χ0v) is 13.4. The topological polar surface area (TPSA) is 96.3 Å². The maximum atomic E-state index is 12.8. The maximum Gasteiger partial charge on any atom is 0.326 e. The lowest BCUT2D eigenvalue weighted by Crippen LogP contribution is -2.47. The molecule has 23 heavy (non-hydrogen) atoms. The largest absolute Gasteiger partial charge is 0.480 e. The number of amides is 1. The normalized spacial score (nSPS) is 18.0. The number of carboxylic acid groups (broad SMARTS) is 1. The number of carbonyl (C=O) groups is 2. The third-order valence-corrected chi connectivity index (χ3v) is 4.94. The van der Waals surface area contributed by atoms with Crippen molar-refractivity contribution in [2.45, 2.75) is 32.2 Å². The van der Waals surface area contributed by atoms with Crippen LogP contribution >= 0.6 is 11.3 Å². The van der Waals surface area contributed by atoms with Gasteiger partial charge in [-0.15, -0.1) is 11.3 Å². The van der Waals surface area contributed by atoms with Crippen molar-refractivity contribution < 1.29 is 14.7 Å². The molecule has 0 bridgehead atoms. The second kappa shape index (κ2) is 6.41. The van der Waals surface area contributed by atoms with E-state index in [4.69, 9.17) is 0 Å². The number of aliphatic carboxylic acids is 1. The highest BCUT2D eigenvalue weighted by Gasteiger charge is 2.34. The Kier molecular flexibility index (Phi) is 4.33. The van der Waals surface area contributed by atoms with Gasteiger partial charge in [-0.1, -0.05) is 0 Å². The Hall–Kier alpha value is -2.35. The fraction of sp³-hybridized carbons (Fsp3) is 0.400. The average Bonchev–Trinajstić information content (AvgIpc) is 2.97. The fourth-order valence-corrected chi connectivity index (χ4v) is 3.63. The van der Waals surface area contributed by atoms with Gasteiger partial charge in [-0.05, 0) is 32.3 Å². The van der Waals surface area contributed by atoms with Gasteiger partial charge in [-0.3, -0.25) is 4.79 Å². The van der Waals surface area contributed by atoms with Crippen LogP contribution in [0, 0.1) is 6.92 Å². The van der Waals surface area contributed by atoms with Crippen LogP contribution in [-0.4, -0.2) is 49.4 Å². The van der Waals surface area contributed by atoms with Crippen LogP contribution in [0.25, 0.3) is 10.8 Å². The minimum Gasteiger partial charge on any atom is -0.480 e. The monoisotopic (exact) mass is 332 g/mol. The van der Waals surface area contributed by atoms with Gasteiger partial charge in [-0.2, -0.15) is 0 Å². The average molecular weight is 332 g/mol. The van der Waals surface area contributed by atoms with Crippen molar-refractivity contribution in [2.75, 3.05) is 6.54 Å². The van der Waals surface area contributed by atoms with E-state index in [1.54, 1.807) is 25.4 Å². The number of nitrogens with zero attached hydrogens (tertiary/aromatic N) is 4. The minimum absolute atomic E-state index is 0.269. The van der Waals surface area contributed by atoms with E-state index < -0.39 is 12.0 Å². The summed E-state index contributed by atoms with van der Waals surface area (Å²) >= 11 is 1.21. The first kappa shape index (κ1) is 15.5. The molecule has 1 aliphatic heterocycles. The summed E-state index contributed by atoms with van der Waals surface area (Å²) in [5, 5.41) is 9.90. The number of thiazole rings is 1. The lowest BCUT2D eigenvalue weighted by atomic mass is 10.0. The number of aryl methyl sites for hydroxylation is 1. The van der Waals surface area contributed by atoms with Gasteiger partial charge in [-0.25, -0.2) is 19.7 Å². The predicted octanol–water partition coefficient (Wildman–Crippen LogP) is 1.99. The van der Waals surface area contributed by atoms with Crippen LogP contribution in [0.5, 0.6) is 0 Å². The van der Waals surface area contributed by atoms with Crippen LogP contribution < -0.4 is 0 Å². The van der Waals surface area contributed by atoms with Crippen molar-refractivity contribution in [1.29, 1.82) is 0 Å².